The van der Waals surface area contributed by atoms with Crippen molar-refractivity contribution in [3.05, 3.63) is 35.4 Å². The number of benzene rings is 1. The number of nitrogens with two attached hydrogens (primary N) is 1. The molecule has 8 heteroatoms. The summed E-state index contributed by atoms with van der Waals surface area (Å²) in [5.41, 5.74) is 4.82. The maximum absolute atomic E-state index is 12.7. The third-order valence-electron chi connectivity index (χ3n) is 3.76. The molecule has 0 heterocycles. The molecule has 0 bridgehead atoms. The smallest absolute Gasteiger partial charge is 0.346 e. The first-order chi connectivity index (χ1) is 10.6. The Morgan fingerprint density at radius 1 is 1.30 bits per heavy atom. The molecule has 0 aromatic heterocycles. The fourth-order valence-corrected chi connectivity index (χ4v) is 2.00. The standard InChI is InChI=1S/C15H18F3N3O2/c1-9(10-3-2-4-11(7-10)15(16,17)18)21-13(23)12(22)20-8-14(19)5-6-14/h2-4,7,9H,5-6,8,19H2,1H3,(H,20,22)(H,21,23)/t9-/m0/s1. The summed E-state index contributed by atoms with van der Waals surface area (Å²) in [6.07, 6.45) is -2.89. The highest BCUT2D eigenvalue weighted by atomic mass is 19.4. The second kappa shape index (κ2) is 6.19. The average Bonchev–Trinajstić information content (AvgIpc) is 3.22. The van der Waals surface area contributed by atoms with Gasteiger partial charge in [0.15, 0.2) is 0 Å². The van der Waals surface area contributed by atoms with E-state index in [1.165, 1.54) is 19.1 Å². The van der Waals surface area contributed by atoms with Crippen LogP contribution in [0.2, 0.25) is 0 Å². The van der Waals surface area contributed by atoms with Gasteiger partial charge in [0.05, 0.1) is 11.6 Å². The van der Waals surface area contributed by atoms with Crippen molar-refractivity contribution in [2.24, 2.45) is 5.73 Å². The van der Waals surface area contributed by atoms with Crippen LogP contribution in [-0.2, 0) is 15.8 Å². The number of halogens is 3. The van der Waals surface area contributed by atoms with Gasteiger partial charge in [-0.25, -0.2) is 0 Å². The van der Waals surface area contributed by atoms with Crippen LogP contribution in [0.1, 0.15) is 36.9 Å². The molecule has 1 saturated carbocycles. The molecule has 1 atom stereocenters. The zero-order chi connectivity index (χ0) is 17.3. The summed E-state index contributed by atoms with van der Waals surface area (Å²) < 4.78 is 38.0. The molecule has 0 radical (unpaired) electrons. The van der Waals surface area contributed by atoms with E-state index < -0.39 is 35.1 Å². The average molecular weight is 329 g/mol. The largest absolute Gasteiger partial charge is 0.416 e. The van der Waals surface area contributed by atoms with Gasteiger partial charge in [0.2, 0.25) is 0 Å². The van der Waals surface area contributed by atoms with E-state index in [9.17, 15) is 22.8 Å². The second-order valence-electron chi connectivity index (χ2n) is 5.86. The van der Waals surface area contributed by atoms with E-state index in [4.69, 9.17) is 5.73 Å². The van der Waals surface area contributed by atoms with Crippen molar-refractivity contribution in [3.8, 4) is 0 Å². The molecular weight excluding hydrogens is 311 g/mol. The predicted molar refractivity (Wildman–Crippen MR) is 77.2 cm³/mol. The third kappa shape index (κ3) is 4.69. The van der Waals surface area contributed by atoms with E-state index in [0.717, 1.165) is 25.0 Å². The lowest BCUT2D eigenvalue weighted by Crippen LogP contribution is -2.46. The summed E-state index contributed by atoms with van der Waals surface area (Å²) in [5.74, 6) is -1.75. The molecule has 1 aliphatic rings. The normalized spacial score (nSPS) is 17.3. The summed E-state index contributed by atoms with van der Waals surface area (Å²) >= 11 is 0. The summed E-state index contributed by atoms with van der Waals surface area (Å²) in [5, 5.41) is 4.79. The summed E-state index contributed by atoms with van der Waals surface area (Å²) in [4.78, 5) is 23.4. The van der Waals surface area contributed by atoms with Crippen LogP contribution in [0.15, 0.2) is 24.3 Å². The van der Waals surface area contributed by atoms with Crippen LogP contribution in [-0.4, -0.2) is 23.9 Å². The number of rotatable bonds is 4. The highest BCUT2D eigenvalue weighted by Gasteiger charge is 2.38. The fourth-order valence-electron chi connectivity index (χ4n) is 2.00. The van der Waals surface area contributed by atoms with Crippen molar-refractivity contribution in [1.29, 1.82) is 0 Å². The molecular formula is C15H18F3N3O2. The van der Waals surface area contributed by atoms with Crippen LogP contribution < -0.4 is 16.4 Å². The number of hydrogen-bond donors (Lipinski definition) is 3. The van der Waals surface area contributed by atoms with Gasteiger partial charge in [-0.3, -0.25) is 9.59 Å². The monoisotopic (exact) mass is 329 g/mol. The van der Waals surface area contributed by atoms with Gasteiger partial charge < -0.3 is 16.4 Å². The molecule has 0 spiro atoms. The highest BCUT2D eigenvalue weighted by Crippen LogP contribution is 2.31. The minimum Gasteiger partial charge on any atom is -0.346 e. The van der Waals surface area contributed by atoms with E-state index in [1.54, 1.807) is 0 Å². The molecule has 2 amide bonds. The van der Waals surface area contributed by atoms with E-state index in [1.807, 2.05) is 0 Å². The second-order valence-corrected chi connectivity index (χ2v) is 5.86. The van der Waals surface area contributed by atoms with Crippen LogP contribution in [0.25, 0.3) is 0 Å². The Morgan fingerprint density at radius 2 is 1.96 bits per heavy atom. The first kappa shape index (κ1) is 17.3. The molecule has 2 rings (SSSR count). The van der Waals surface area contributed by atoms with Crippen molar-refractivity contribution < 1.29 is 22.8 Å². The van der Waals surface area contributed by atoms with Crippen molar-refractivity contribution in [1.82, 2.24) is 10.6 Å². The van der Waals surface area contributed by atoms with Crippen molar-refractivity contribution in [3.63, 3.8) is 0 Å². The molecule has 1 aromatic carbocycles. The van der Waals surface area contributed by atoms with Gasteiger partial charge >= 0.3 is 18.0 Å². The van der Waals surface area contributed by atoms with E-state index in [0.29, 0.717) is 0 Å². The Morgan fingerprint density at radius 3 is 2.52 bits per heavy atom. The zero-order valence-electron chi connectivity index (χ0n) is 12.5. The van der Waals surface area contributed by atoms with Gasteiger partial charge in [-0.1, -0.05) is 12.1 Å². The third-order valence-corrected chi connectivity index (χ3v) is 3.76. The summed E-state index contributed by atoms with van der Waals surface area (Å²) in [7, 11) is 0. The van der Waals surface area contributed by atoms with Gasteiger partial charge in [-0.2, -0.15) is 13.2 Å². The first-order valence-corrected chi connectivity index (χ1v) is 7.15. The maximum Gasteiger partial charge on any atom is 0.416 e. The number of carbonyl (C=O) groups excluding carboxylic acids is 2. The van der Waals surface area contributed by atoms with Crippen LogP contribution in [0, 0.1) is 0 Å². The predicted octanol–water partition coefficient (Wildman–Crippen LogP) is 1.49. The lowest BCUT2D eigenvalue weighted by atomic mass is 10.0. The van der Waals surface area contributed by atoms with Crippen LogP contribution in [0.5, 0.6) is 0 Å². The van der Waals surface area contributed by atoms with Gasteiger partial charge in [0.25, 0.3) is 0 Å². The van der Waals surface area contributed by atoms with E-state index >= 15 is 0 Å². The lowest BCUT2D eigenvalue weighted by Gasteiger charge is -2.16. The van der Waals surface area contributed by atoms with Gasteiger partial charge in [-0.15, -0.1) is 0 Å². The van der Waals surface area contributed by atoms with E-state index in [2.05, 4.69) is 10.6 Å². The van der Waals surface area contributed by atoms with Crippen LogP contribution >= 0.6 is 0 Å². The minimum absolute atomic E-state index is 0.206. The molecule has 0 unspecified atom stereocenters. The molecule has 5 nitrogen and oxygen atoms in total. The Kier molecular flexibility index (Phi) is 4.65. The maximum atomic E-state index is 12.7. The Labute approximate surface area is 131 Å². The van der Waals surface area contributed by atoms with Crippen molar-refractivity contribution >= 4 is 11.8 Å². The molecule has 1 aromatic rings. The molecule has 0 saturated heterocycles. The molecule has 4 N–H and O–H groups in total. The fraction of sp³-hybridized carbons (Fsp3) is 0.467. The number of carbonyl (C=O) groups is 2. The topological polar surface area (TPSA) is 84.2 Å². The van der Waals surface area contributed by atoms with Crippen molar-refractivity contribution in [2.75, 3.05) is 6.54 Å². The van der Waals surface area contributed by atoms with Crippen LogP contribution in [0.4, 0.5) is 13.2 Å². The Balaban J connectivity index is 1.94. The summed E-state index contributed by atoms with van der Waals surface area (Å²) in [6, 6.07) is 3.87. The number of hydrogen-bond acceptors (Lipinski definition) is 3. The van der Waals surface area contributed by atoms with Gasteiger partial charge in [0.1, 0.15) is 0 Å². The van der Waals surface area contributed by atoms with Gasteiger partial charge in [-0.05, 0) is 37.5 Å². The quantitative estimate of drug-likeness (QED) is 0.732. The molecule has 126 valence electrons. The van der Waals surface area contributed by atoms with E-state index in [-0.39, 0.29) is 12.1 Å². The molecule has 1 aliphatic carbocycles. The summed E-state index contributed by atoms with van der Waals surface area (Å²) in [6.45, 7) is 1.71. The minimum atomic E-state index is -4.46. The lowest BCUT2D eigenvalue weighted by molar-refractivity contribution is -0.139. The molecule has 23 heavy (non-hydrogen) atoms. The molecule has 1 fully saturated rings. The Hall–Kier alpha value is -2.09. The highest BCUT2D eigenvalue weighted by molar-refractivity contribution is 6.35. The zero-order valence-corrected chi connectivity index (χ0v) is 12.5. The van der Waals surface area contributed by atoms with Gasteiger partial charge in [0, 0.05) is 12.1 Å². The molecule has 0 aliphatic heterocycles. The first-order valence-electron chi connectivity index (χ1n) is 7.15. The Bertz CT molecular complexity index is 612. The number of nitrogens with one attached hydrogen (secondary N) is 2. The SMILES string of the molecule is C[C@H](NC(=O)C(=O)NCC1(N)CC1)c1cccc(C(F)(F)F)c1. The number of amides is 2. The van der Waals surface area contributed by atoms with Crippen molar-refractivity contribution in [2.45, 2.75) is 37.5 Å². The number of alkyl halides is 3. The van der Waals surface area contributed by atoms with Crippen LogP contribution in [0.3, 0.4) is 0 Å².